The van der Waals surface area contributed by atoms with Gasteiger partial charge in [-0.3, -0.25) is 13.9 Å². The van der Waals surface area contributed by atoms with E-state index in [1.807, 2.05) is 106 Å². The van der Waals surface area contributed by atoms with Crippen molar-refractivity contribution in [2.45, 2.75) is 0 Å². The predicted molar refractivity (Wildman–Crippen MR) is 135 cm³/mol. The maximum absolute atomic E-state index is 15.6. The van der Waals surface area contributed by atoms with Gasteiger partial charge in [-0.25, -0.2) is 0 Å². The van der Waals surface area contributed by atoms with Gasteiger partial charge in [0.15, 0.2) is 0 Å². The lowest BCUT2D eigenvalue weighted by molar-refractivity contribution is 0.582. The fourth-order valence-corrected chi connectivity index (χ4v) is 7.83. The summed E-state index contributed by atoms with van der Waals surface area (Å²) in [6.07, 6.45) is 0. The first-order chi connectivity index (χ1) is 15.8. The van der Waals surface area contributed by atoms with E-state index in [1.54, 1.807) is 0 Å². The van der Waals surface area contributed by atoms with Crippen molar-refractivity contribution in [1.29, 1.82) is 0 Å². The molecule has 5 aromatic carbocycles. The summed E-state index contributed by atoms with van der Waals surface area (Å²) >= 11 is 0. The Kier molecular flexibility index (Phi) is 4.38. The number of nitrogens with zero attached hydrogens (tertiary/aromatic N) is 2. The van der Waals surface area contributed by atoms with Crippen LogP contribution in [0.5, 0.6) is 0 Å². The minimum Gasteiger partial charge on any atom is -0.270 e. The number of benzene rings is 5. The van der Waals surface area contributed by atoms with Crippen LogP contribution in [0, 0.1) is 0 Å². The van der Waals surface area contributed by atoms with Gasteiger partial charge in [-0.15, -0.1) is 0 Å². The van der Waals surface area contributed by atoms with Gasteiger partial charge in [-0.1, -0.05) is 84.9 Å². The van der Waals surface area contributed by atoms with E-state index in [-0.39, 0.29) is 0 Å². The highest BCUT2D eigenvalue weighted by atomic mass is 31.2. The molecule has 3 nitrogen and oxygen atoms in total. The van der Waals surface area contributed by atoms with Gasteiger partial charge in [0.2, 0.25) is 0 Å². The molecule has 0 aliphatic carbocycles. The molecule has 1 aliphatic heterocycles. The van der Waals surface area contributed by atoms with Crippen molar-refractivity contribution in [3.63, 3.8) is 0 Å². The van der Waals surface area contributed by atoms with E-state index in [2.05, 4.69) is 30.3 Å². The Morgan fingerprint density at radius 1 is 0.469 bits per heavy atom. The van der Waals surface area contributed by atoms with Gasteiger partial charge in [0, 0.05) is 11.4 Å². The lowest BCUT2D eigenvalue weighted by Gasteiger charge is -2.33. The van der Waals surface area contributed by atoms with Gasteiger partial charge < -0.3 is 0 Å². The molecule has 154 valence electrons. The number of para-hydroxylation sites is 4. The summed E-state index contributed by atoms with van der Waals surface area (Å²) in [6.45, 7) is 0. The van der Waals surface area contributed by atoms with Crippen molar-refractivity contribution >= 4 is 46.3 Å². The molecule has 4 heteroatoms. The van der Waals surface area contributed by atoms with E-state index in [0.29, 0.717) is 0 Å². The summed E-state index contributed by atoms with van der Waals surface area (Å²) in [6, 6.07) is 42.5. The Hall–Kier alpha value is -3.81. The molecule has 0 atom stereocenters. The molecule has 32 heavy (non-hydrogen) atoms. The molecule has 0 amide bonds. The van der Waals surface area contributed by atoms with Crippen molar-refractivity contribution in [3.05, 3.63) is 127 Å². The van der Waals surface area contributed by atoms with Crippen molar-refractivity contribution in [3.8, 4) is 0 Å². The molecule has 0 saturated carbocycles. The van der Waals surface area contributed by atoms with Crippen molar-refractivity contribution in [2.75, 3.05) is 9.34 Å². The maximum atomic E-state index is 15.6. The highest BCUT2D eigenvalue weighted by Gasteiger charge is 2.49. The van der Waals surface area contributed by atoms with Crippen molar-refractivity contribution in [1.82, 2.24) is 0 Å². The fourth-order valence-electron chi connectivity index (χ4n) is 4.61. The largest absolute Gasteiger partial charge is 0.302 e. The van der Waals surface area contributed by atoms with E-state index >= 15 is 4.57 Å². The average Bonchev–Trinajstić information content (AvgIpc) is 3.13. The van der Waals surface area contributed by atoms with Crippen LogP contribution in [0.15, 0.2) is 127 Å². The standard InChI is InChI=1S/C28H21N2OP/c31-32(28-21-11-13-22-12-7-8-18-25(22)28)29(23-14-3-1-4-15-23)26-19-9-10-20-27(26)30(32)24-16-5-2-6-17-24/h1-21H. The zero-order chi connectivity index (χ0) is 21.5. The number of anilines is 4. The summed E-state index contributed by atoms with van der Waals surface area (Å²) in [5.41, 5.74) is 3.71. The number of fused-ring (bicyclic) bond motifs is 2. The average molecular weight is 432 g/mol. The lowest BCUT2D eigenvalue weighted by atomic mass is 10.1. The Balaban J connectivity index is 1.73. The van der Waals surface area contributed by atoms with Gasteiger partial charge in [0.25, 0.3) is 0 Å². The summed E-state index contributed by atoms with van der Waals surface area (Å²) in [7, 11) is -3.35. The molecule has 6 rings (SSSR count). The van der Waals surface area contributed by atoms with Crippen molar-refractivity contribution in [2.24, 2.45) is 0 Å². The van der Waals surface area contributed by atoms with Gasteiger partial charge in [-0.2, -0.15) is 0 Å². The molecule has 0 N–H and O–H groups in total. The van der Waals surface area contributed by atoms with Gasteiger partial charge in [0.1, 0.15) is 0 Å². The van der Waals surface area contributed by atoms with E-state index < -0.39 is 7.44 Å². The highest BCUT2D eigenvalue weighted by molar-refractivity contribution is 7.76. The molecule has 0 unspecified atom stereocenters. The second-order valence-electron chi connectivity index (χ2n) is 7.83. The number of hydrogen-bond acceptors (Lipinski definition) is 1. The molecule has 0 radical (unpaired) electrons. The van der Waals surface area contributed by atoms with Gasteiger partial charge >= 0.3 is 7.44 Å². The molecular weight excluding hydrogens is 411 g/mol. The minimum absolute atomic E-state index is 0.833. The first-order valence-electron chi connectivity index (χ1n) is 10.7. The van der Waals surface area contributed by atoms with Crippen LogP contribution in [0.3, 0.4) is 0 Å². The number of hydrogen-bond donors (Lipinski definition) is 0. The topological polar surface area (TPSA) is 23.6 Å². The van der Waals surface area contributed by atoms with Crippen molar-refractivity contribution < 1.29 is 4.57 Å². The van der Waals surface area contributed by atoms with E-state index in [0.717, 1.165) is 38.8 Å². The van der Waals surface area contributed by atoms with E-state index in [4.69, 9.17) is 0 Å². The zero-order valence-electron chi connectivity index (χ0n) is 17.4. The summed E-state index contributed by atoms with van der Waals surface area (Å²) in [5.74, 6) is 0. The third kappa shape index (κ3) is 2.72. The Labute approximate surface area is 187 Å². The van der Waals surface area contributed by atoms with Crippen LogP contribution in [0.4, 0.5) is 22.7 Å². The maximum Gasteiger partial charge on any atom is 0.302 e. The van der Waals surface area contributed by atoms with Crippen LogP contribution in [0.1, 0.15) is 0 Å². The van der Waals surface area contributed by atoms with E-state index in [1.165, 1.54) is 0 Å². The normalized spacial score (nSPS) is 14.5. The van der Waals surface area contributed by atoms with Gasteiger partial charge in [-0.05, 0) is 53.2 Å². The molecule has 0 spiro atoms. The quantitative estimate of drug-likeness (QED) is 0.274. The summed E-state index contributed by atoms with van der Waals surface area (Å²) < 4.78 is 19.7. The Bertz CT molecular complexity index is 1390. The fraction of sp³-hybridized carbons (Fsp3) is 0. The molecule has 0 saturated heterocycles. The molecule has 1 heterocycles. The van der Waals surface area contributed by atoms with E-state index in [9.17, 15) is 0 Å². The van der Waals surface area contributed by atoms with Crippen LogP contribution < -0.4 is 14.6 Å². The van der Waals surface area contributed by atoms with Crippen LogP contribution in [-0.4, -0.2) is 0 Å². The summed E-state index contributed by atoms with van der Waals surface area (Å²) in [5, 5.41) is 2.92. The molecule has 0 fully saturated rings. The second kappa shape index (κ2) is 7.40. The predicted octanol–water partition coefficient (Wildman–Crippen LogP) is 7.65. The first-order valence-corrected chi connectivity index (χ1v) is 12.3. The second-order valence-corrected chi connectivity index (χ2v) is 10.2. The smallest absolute Gasteiger partial charge is 0.270 e. The van der Waals surface area contributed by atoms with Crippen LogP contribution >= 0.6 is 7.44 Å². The monoisotopic (exact) mass is 432 g/mol. The third-order valence-corrected chi connectivity index (χ3v) is 8.96. The Morgan fingerprint density at radius 3 is 1.53 bits per heavy atom. The van der Waals surface area contributed by atoms with Crippen LogP contribution in [0.25, 0.3) is 10.8 Å². The Morgan fingerprint density at radius 2 is 0.938 bits per heavy atom. The zero-order valence-corrected chi connectivity index (χ0v) is 18.3. The van der Waals surface area contributed by atoms with Gasteiger partial charge in [0.05, 0.1) is 16.7 Å². The molecule has 5 aromatic rings. The highest BCUT2D eigenvalue weighted by Crippen LogP contribution is 2.70. The van der Waals surface area contributed by atoms with Crippen LogP contribution in [-0.2, 0) is 4.57 Å². The van der Waals surface area contributed by atoms with Crippen LogP contribution in [0.2, 0.25) is 0 Å². The molecule has 0 bridgehead atoms. The first kappa shape index (κ1) is 18.9. The molecule has 0 aromatic heterocycles. The number of rotatable bonds is 3. The SMILES string of the molecule is O=P1(c2cccc3ccccc23)N(c2ccccc2)c2ccccc2N1c1ccccc1. The molecule has 1 aliphatic rings. The lowest BCUT2D eigenvalue weighted by Crippen LogP contribution is -2.27. The summed E-state index contributed by atoms with van der Waals surface area (Å²) in [4.78, 5) is 0. The minimum atomic E-state index is -3.35. The third-order valence-electron chi connectivity index (χ3n) is 5.96. The molecular formula is C28H21N2OP.